The van der Waals surface area contributed by atoms with Crippen LogP contribution in [0.15, 0.2) is 15.9 Å². The largest absolute Gasteiger partial charge is 0.347 e. The van der Waals surface area contributed by atoms with Gasteiger partial charge in [-0.1, -0.05) is 0 Å². The van der Waals surface area contributed by atoms with Gasteiger partial charge in [-0.15, -0.1) is 11.3 Å². The summed E-state index contributed by atoms with van der Waals surface area (Å²) in [5.74, 6) is 0.0519. The highest BCUT2D eigenvalue weighted by molar-refractivity contribution is 9.11. The number of nitrogens with one attached hydrogen (secondary N) is 1. The minimum absolute atomic E-state index is 0.0519. The second-order valence-corrected chi connectivity index (χ2v) is 6.64. The molecule has 0 aromatic carbocycles. The van der Waals surface area contributed by atoms with Gasteiger partial charge in [0.15, 0.2) is 0 Å². The molecule has 88 valence electrons. The smallest absolute Gasteiger partial charge is 0.261 e. The Morgan fingerprint density at radius 3 is 3.06 bits per heavy atom. The number of carbonyl (C=O) groups excluding carboxylic acids is 1. The van der Waals surface area contributed by atoms with E-state index in [0.717, 1.165) is 34.6 Å². The molecule has 1 fully saturated rings. The molecule has 1 atom stereocenters. The van der Waals surface area contributed by atoms with Gasteiger partial charge < -0.3 is 10.2 Å². The Morgan fingerprint density at radius 1 is 1.62 bits per heavy atom. The molecule has 3 nitrogen and oxygen atoms in total. The molecule has 0 radical (unpaired) electrons. The van der Waals surface area contributed by atoms with Crippen LogP contribution < -0.4 is 5.32 Å². The van der Waals surface area contributed by atoms with Crippen LogP contribution in [-0.4, -0.2) is 37.0 Å². The zero-order chi connectivity index (χ0) is 11.5. The Kier molecular flexibility index (Phi) is 4.00. The number of carbonyl (C=O) groups is 1. The Hall–Kier alpha value is -0.390. The fourth-order valence-electron chi connectivity index (χ4n) is 1.98. The van der Waals surface area contributed by atoms with Gasteiger partial charge in [-0.3, -0.25) is 4.79 Å². The maximum atomic E-state index is 11.9. The van der Waals surface area contributed by atoms with Crippen molar-refractivity contribution in [2.45, 2.75) is 18.9 Å². The van der Waals surface area contributed by atoms with E-state index in [4.69, 9.17) is 0 Å². The summed E-state index contributed by atoms with van der Waals surface area (Å²) < 4.78 is 0.999. The van der Waals surface area contributed by atoms with Crippen LogP contribution in [0.5, 0.6) is 0 Å². The molecule has 0 saturated carbocycles. The Balaban J connectivity index is 1.92. The van der Waals surface area contributed by atoms with E-state index < -0.39 is 0 Å². The Morgan fingerprint density at radius 2 is 2.44 bits per heavy atom. The number of thiophene rings is 1. The fourth-order valence-corrected chi connectivity index (χ4v) is 3.27. The third-order valence-electron chi connectivity index (χ3n) is 2.76. The highest BCUT2D eigenvalue weighted by Gasteiger charge is 2.20. The number of hydrogen-bond donors (Lipinski definition) is 1. The van der Waals surface area contributed by atoms with E-state index in [1.807, 2.05) is 12.1 Å². The van der Waals surface area contributed by atoms with Crippen LogP contribution >= 0.6 is 27.3 Å². The molecule has 1 aliphatic heterocycles. The fraction of sp³-hybridized carbons (Fsp3) is 0.545. The van der Waals surface area contributed by atoms with Crippen molar-refractivity contribution in [3.8, 4) is 0 Å². The van der Waals surface area contributed by atoms with Crippen molar-refractivity contribution >= 4 is 33.2 Å². The summed E-state index contributed by atoms with van der Waals surface area (Å²) in [5, 5.41) is 3.09. The standard InChI is InChI=1S/C11H15BrN2OS/c1-14-6-2-3-8(7-14)13-11(15)9-4-5-10(12)16-9/h4-5,8H,2-3,6-7H2,1H3,(H,13,15). The van der Waals surface area contributed by atoms with E-state index in [9.17, 15) is 4.79 Å². The van der Waals surface area contributed by atoms with E-state index in [1.54, 1.807) is 0 Å². The lowest BCUT2D eigenvalue weighted by atomic mass is 10.1. The van der Waals surface area contributed by atoms with Gasteiger partial charge in [0, 0.05) is 12.6 Å². The molecule has 1 saturated heterocycles. The summed E-state index contributed by atoms with van der Waals surface area (Å²) in [5.41, 5.74) is 0. The van der Waals surface area contributed by atoms with Gasteiger partial charge in [0.1, 0.15) is 0 Å². The predicted molar refractivity (Wildman–Crippen MR) is 70.0 cm³/mol. The molecule has 0 bridgehead atoms. The molecule has 16 heavy (non-hydrogen) atoms. The molecule has 5 heteroatoms. The molecule has 1 amide bonds. The normalized spacial score (nSPS) is 22.0. The first-order valence-corrected chi connectivity index (χ1v) is 7.01. The highest BCUT2D eigenvalue weighted by atomic mass is 79.9. The van der Waals surface area contributed by atoms with Crippen LogP contribution in [0.3, 0.4) is 0 Å². The third-order valence-corrected chi connectivity index (χ3v) is 4.38. The lowest BCUT2D eigenvalue weighted by molar-refractivity contribution is 0.0916. The Bertz CT molecular complexity index is 380. The van der Waals surface area contributed by atoms with Gasteiger partial charge in [0.05, 0.1) is 8.66 Å². The van der Waals surface area contributed by atoms with E-state index in [-0.39, 0.29) is 5.91 Å². The molecule has 2 heterocycles. The van der Waals surface area contributed by atoms with Gasteiger partial charge in [-0.2, -0.15) is 0 Å². The van der Waals surface area contributed by atoms with Crippen molar-refractivity contribution in [2.75, 3.05) is 20.1 Å². The van der Waals surface area contributed by atoms with Crippen molar-refractivity contribution in [3.63, 3.8) is 0 Å². The maximum Gasteiger partial charge on any atom is 0.261 e. The van der Waals surface area contributed by atoms with Crippen LogP contribution in [-0.2, 0) is 0 Å². The van der Waals surface area contributed by atoms with Crippen molar-refractivity contribution in [1.82, 2.24) is 10.2 Å². The SMILES string of the molecule is CN1CCCC(NC(=O)c2ccc(Br)s2)C1. The average Bonchev–Trinajstić information content (AvgIpc) is 2.65. The number of halogens is 1. The van der Waals surface area contributed by atoms with Crippen LogP contribution in [0, 0.1) is 0 Å². The molecular weight excluding hydrogens is 288 g/mol. The zero-order valence-electron chi connectivity index (χ0n) is 9.20. The molecule has 0 spiro atoms. The van der Waals surface area contributed by atoms with Crippen molar-refractivity contribution < 1.29 is 4.79 Å². The molecule has 1 aromatic heterocycles. The van der Waals surface area contributed by atoms with Crippen molar-refractivity contribution in [1.29, 1.82) is 0 Å². The molecule has 0 aliphatic carbocycles. The maximum absolute atomic E-state index is 11.9. The zero-order valence-corrected chi connectivity index (χ0v) is 11.6. The monoisotopic (exact) mass is 302 g/mol. The van der Waals surface area contributed by atoms with E-state index in [0.29, 0.717) is 6.04 Å². The van der Waals surface area contributed by atoms with E-state index >= 15 is 0 Å². The predicted octanol–water partition coefficient (Wildman–Crippen LogP) is 2.33. The topological polar surface area (TPSA) is 32.3 Å². The summed E-state index contributed by atoms with van der Waals surface area (Å²) in [6, 6.07) is 4.07. The first kappa shape index (κ1) is 12.1. The number of amides is 1. The summed E-state index contributed by atoms with van der Waals surface area (Å²) >= 11 is 4.84. The van der Waals surface area contributed by atoms with Gasteiger partial charge in [0.25, 0.3) is 5.91 Å². The summed E-state index contributed by atoms with van der Waals surface area (Å²) in [7, 11) is 2.10. The van der Waals surface area contributed by atoms with Crippen LogP contribution in [0.25, 0.3) is 0 Å². The third kappa shape index (κ3) is 3.06. The second-order valence-electron chi connectivity index (χ2n) is 4.18. The first-order valence-electron chi connectivity index (χ1n) is 5.40. The van der Waals surface area contributed by atoms with Crippen LogP contribution in [0.1, 0.15) is 22.5 Å². The molecule has 1 unspecified atom stereocenters. The van der Waals surface area contributed by atoms with Gasteiger partial charge >= 0.3 is 0 Å². The first-order chi connectivity index (χ1) is 7.65. The lowest BCUT2D eigenvalue weighted by Gasteiger charge is -2.30. The molecular formula is C11H15BrN2OS. The number of likely N-dealkylation sites (N-methyl/N-ethyl adjacent to an activating group) is 1. The van der Waals surface area contributed by atoms with E-state index in [1.165, 1.54) is 11.3 Å². The van der Waals surface area contributed by atoms with Crippen molar-refractivity contribution in [2.24, 2.45) is 0 Å². The van der Waals surface area contributed by atoms with Crippen molar-refractivity contribution in [3.05, 3.63) is 20.8 Å². The lowest BCUT2D eigenvalue weighted by Crippen LogP contribution is -2.46. The van der Waals surface area contributed by atoms with Crippen LogP contribution in [0.4, 0.5) is 0 Å². The summed E-state index contributed by atoms with van der Waals surface area (Å²) in [4.78, 5) is 14.9. The summed E-state index contributed by atoms with van der Waals surface area (Å²) in [6.45, 7) is 2.09. The highest BCUT2D eigenvalue weighted by Crippen LogP contribution is 2.22. The quantitative estimate of drug-likeness (QED) is 0.909. The number of nitrogens with zero attached hydrogens (tertiary/aromatic N) is 1. The molecule has 1 N–H and O–H groups in total. The van der Waals surface area contributed by atoms with Gasteiger partial charge in [-0.25, -0.2) is 0 Å². The second kappa shape index (κ2) is 5.29. The van der Waals surface area contributed by atoms with Crippen LogP contribution in [0.2, 0.25) is 0 Å². The number of piperidine rings is 1. The summed E-state index contributed by atoms with van der Waals surface area (Å²) in [6.07, 6.45) is 2.25. The molecule has 1 aliphatic rings. The number of hydrogen-bond acceptors (Lipinski definition) is 3. The minimum Gasteiger partial charge on any atom is -0.347 e. The number of likely N-dealkylation sites (tertiary alicyclic amines) is 1. The van der Waals surface area contributed by atoms with E-state index in [2.05, 4.69) is 33.2 Å². The Labute approximate surface area is 108 Å². The average molecular weight is 303 g/mol. The number of rotatable bonds is 2. The van der Waals surface area contributed by atoms with Gasteiger partial charge in [-0.05, 0) is 54.5 Å². The molecule has 2 rings (SSSR count). The molecule has 1 aromatic rings. The minimum atomic E-state index is 0.0519. The van der Waals surface area contributed by atoms with Gasteiger partial charge in [0.2, 0.25) is 0 Å².